The maximum absolute atomic E-state index is 12.9. The average molecular weight is 371 g/mol. The van der Waals surface area contributed by atoms with Crippen LogP contribution in [0.3, 0.4) is 0 Å². The van der Waals surface area contributed by atoms with Gasteiger partial charge in [-0.2, -0.15) is 0 Å². The number of nitro benzene ring substituents is 1. The lowest BCUT2D eigenvalue weighted by atomic mass is 9.83. The molecular weight excluding hydrogens is 354 g/mol. The molecule has 9 heteroatoms. The summed E-state index contributed by atoms with van der Waals surface area (Å²) in [5, 5.41) is 10.9. The second-order valence-electron chi connectivity index (χ2n) is 6.08. The number of nitrogens with zero attached hydrogens (tertiary/aromatic N) is 2. The molecule has 0 radical (unpaired) electrons. The van der Waals surface area contributed by atoms with Crippen LogP contribution in [0.4, 0.5) is 5.69 Å². The Bertz CT molecular complexity index is 1040. The van der Waals surface area contributed by atoms with Crippen molar-refractivity contribution < 1.29 is 19.2 Å². The van der Waals surface area contributed by atoms with Crippen molar-refractivity contribution in [1.29, 1.82) is 0 Å². The topological polar surface area (TPSA) is 127 Å². The number of carbonyl (C=O) groups is 1. The molecule has 2 aromatic rings. The van der Waals surface area contributed by atoms with Crippen molar-refractivity contribution >= 4 is 11.7 Å². The monoisotopic (exact) mass is 371 g/mol. The van der Waals surface area contributed by atoms with Crippen LogP contribution in [-0.2, 0) is 16.6 Å². The first-order valence-electron chi connectivity index (χ1n) is 7.97. The minimum absolute atomic E-state index is 0.0280. The van der Waals surface area contributed by atoms with E-state index in [9.17, 15) is 19.7 Å². The number of nitrogens with two attached hydrogens (primary N) is 1. The van der Waals surface area contributed by atoms with Gasteiger partial charge in [-0.1, -0.05) is 12.1 Å². The van der Waals surface area contributed by atoms with Crippen molar-refractivity contribution in [3.63, 3.8) is 0 Å². The molecule has 0 unspecified atom stereocenters. The fourth-order valence-corrected chi connectivity index (χ4v) is 3.07. The van der Waals surface area contributed by atoms with E-state index in [1.165, 1.54) is 35.9 Å². The lowest BCUT2D eigenvalue weighted by molar-refractivity contribution is -0.384. The van der Waals surface area contributed by atoms with Crippen molar-refractivity contribution in [2.75, 3.05) is 7.11 Å². The molecule has 0 saturated heterocycles. The van der Waals surface area contributed by atoms with Gasteiger partial charge in [0.2, 0.25) is 5.88 Å². The molecule has 1 atom stereocenters. The third-order valence-corrected chi connectivity index (χ3v) is 4.57. The zero-order valence-electron chi connectivity index (χ0n) is 14.9. The molecule has 1 aromatic heterocycles. The van der Waals surface area contributed by atoms with Gasteiger partial charge in [0.1, 0.15) is 11.3 Å². The summed E-state index contributed by atoms with van der Waals surface area (Å²) in [4.78, 5) is 35.7. The molecule has 140 valence electrons. The predicted octanol–water partition coefficient (Wildman–Crippen LogP) is 1.47. The highest BCUT2D eigenvalue weighted by Gasteiger charge is 2.38. The highest BCUT2D eigenvalue weighted by Crippen LogP contribution is 2.41. The van der Waals surface area contributed by atoms with Crippen molar-refractivity contribution in [3.8, 4) is 5.75 Å². The number of non-ortho nitro benzene ring substituents is 1. The fraction of sp³-hybridized carbons (Fsp3) is 0.222. The molecule has 0 aliphatic carbocycles. The first-order chi connectivity index (χ1) is 12.8. The van der Waals surface area contributed by atoms with Gasteiger partial charge in [-0.25, -0.2) is 4.79 Å². The first-order valence-corrected chi connectivity index (χ1v) is 7.97. The highest BCUT2D eigenvalue weighted by molar-refractivity contribution is 5.92. The Hall–Kier alpha value is -3.62. The predicted molar refractivity (Wildman–Crippen MR) is 95.2 cm³/mol. The number of aryl methyl sites for hydroxylation is 1. The lowest BCUT2D eigenvalue weighted by Gasteiger charge is -2.28. The molecule has 0 fully saturated rings. The minimum Gasteiger partial charge on any atom is -0.465 e. The van der Waals surface area contributed by atoms with Crippen LogP contribution < -0.4 is 16.0 Å². The SMILES string of the molecule is COC(=O)C1=C(N)Oc2cc(C)n(C)c(=O)c2[C@@H]1c1ccc([N+](=O)[O-])cc1. The molecule has 27 heavy (non-hydrogen) atoms. The summed E-state index contributed by atoms with van der Waals surface area (Å²) >= 11 is 0. The van der Waals surface area contributed by atoms with Gasteiger partial charge >= 0.3 is 5.97 Å². The second kappa shape index (κ2) is 6.60. The van der Waals surface area contributed by atoms with E-state index in [0.717, 1.165) is 0 Å². The number of ether oxygens (including phenoxy) is 2. The van der Waals surface area contributed by atoms with E-state index >= 15 is 0 Å². The number of fused-ring (bicyclic) bond motifs is 1. The summed E-state index contributed by atoms with van der Waals surface area (Å²) in [6.07, 6.45) is 0. The zero-order valence-corrected chi connectivity index (χ0v) is 14.9. The molecule has 1 aromatic carbocycles. The third-order valence-electron chi connectivity index (χ3n) is 4.57. The highest BCUT2D eigenvalue weighted by atomic mass is 16.6. The Kier molecular flexibility index (Phi) is 4.44. The van der Waals surface area contributed by atoms with Gasteiger partial charge in [0, 0.05) is 30.9 Å². The molecule has 1 aliphatic rings. The maximum Gasteiger partial charge on any atom is 0.340 e. The summed E-state index contributed by atoms with van der Waals surface area (Å²) in [6.45, 7) is 1.74. The number of rotatable bonds is 3. The molecule has 0 amide bonds. The summed E-state index contributed by atoms with van der Waals surface area (Å²) in [5.74, 6) is -1.56. The Morgan fingerprint density at radius 2 is 1.96 bits per heavy atom. The average Bonchev–Trinajstić information content (AvgIpc) is 2.64. The molecule has 2 heterocycles. The zero-order chi connectivity index (χ0) is 19.9. The number of methoxy groups -OCH3 is 1. The number of carbonyl (C=O) groups excluding carboxylic acids is 1. The van der Waals surface area contributed by atoms with Gasteiger partial charge in [-0.05, 0) is 12.5 Å². The van der Waals surface area contributed by atoms with E-state index in [2.05, 4.69) is 0 Å². The second-order valence-corrected chi connectivity index (χ2v) is 6.08. The summed E-state index contributed by atoms with van der Waals surface area (Å²) in [7, 11) is 2.79. The van der Waals surface area contributed by atoms with Crippen LogP contribution in [0, 0.1) is 17.0 Å². The van der Waals surface area contributed by atoms with Crippen molar-refractivity contribution in [1.82, 2.24) is 4.57 Å². The molecule has 2 N–H and O–H groups in total. The molecular formula is C18H17N3O6. The number of nitro groups is 1. The van der Waals surface area contributed by atoms with Crippen LogP contribution in [0.1, 0.15) is 22.7 Å². The number of hydrogen-bond donors (Lipinski definition) is 1. The Morgan fingerprint density at radius 1 is 1.33 bits per heavy atom. The maximum atomic E-state index is 12.9. The van der Waals surface area contributed by atoms with Gasteiger partial charge in [0.15, 0.2) is 0 Å². The molecule has 1 aliphatic heterocycles. The van der Waals surface area contributed by atoms with Crippen LogP contribution in [0.5, 0.6) is 5.75 Å². The van der Waals surface area contributed by atoms with Crippen LogP contribution in [0.2, 0.25) is 0 Å². The molecule has 0 saturated carbocycles. The van der Waals surface area contributed by atoms with Crippen molar-refractivity contribution in [3.05, 3.63) is 79.1 Å². The minimum atomic E-state index is -0.874. The van der Waals surface area contributed by atoms with Gasteiger partial charge < -0.3 is 19.8 Å². The largest absolute Gasteiger partial charge is 0.465 e. The van der Waals surface area contributed by atoms with Crippen molar-refractivity contribution in [2.24, 2.45) is 12.8 Å². The number of aromatic nitrogens is 1. The van der Waals surface area contributed by atoms with Gasteiger partial charge in [-0.15, -0.1) is 0 Å². The Morgan fingerprint density at radius 3 is 2.52 bits per heavy atom. The van der Waals surface area contributed by atoms with Crippen LogP contribution >= 0.6 is 0 Å². The summed E-state index contributed by atoms with van der Waals surface area (Å²) in [5.41, 5.74) is 6.80. The van der Waals surface area contributed by atoms with Gasteiger partial charge in [-0.3, -0.25) is 14.9 Å². The van der Waals surface area contributed by atoms with Crippen molar-refractivity contribution in [2.45, 2.75) is 12.8 Å². The number of hydrogen-bond acceptors (Lipinski definition) is 7. The van der Waals surface area contributed by atoms with Crippen LogP contribution in [0.15, 0.2) is 46.6 Å². The molecule has 9 nitrogen and oxygen atoms in total. The molecule has 0 spiro atoms. The van der Waals surface area contributed by atoms with E-state index < -0.39 is 16.8 Å². The summed E-state index contributed by atoms with van der Waals surface area (Å²) in [6, 6.07) is 7.21. The van der Waals surface area contributed by atoms with Gasteiger partial charge in [0.05, 0.1) is 23.5 Å². The fourth-order valence-electron chi connectivity index (χ4n) is 3.07. The smallest absolute Gasteiger partial charge is 0.340 e. The van der Waals surface area contributed by atoms with Gasteiger partial charge in [0.25, 0.3) is 11.2 Å². The van der Waals surface area contributed by atoms with E-state index in [0.29, 0.717) is 11.3 Å². The lowest BCUT2D eigenvalue weighted by Crippen LogP contribution is -2.34. The third kappa shape index (κ3) is 2.92. The molecule has 3 rings (SSSR count). The van der Waals surface area contributed by atoms with Crippen LogP contribution in [0.25, 0.3) is 0 Å². The van der Waals surface area contributed by atoms with E-state index in [1.807, 2.05) is 0 Å². The quantitative estimate of drug-likeness (QED) is 0.492. The number of benzene rings is 1. The van der Waals surface area contributed by atoms with E-state index in [-0.39, 0.29) is 34.0 Å². The number of pyridine rings is 1. The Labute approximate surface area is 153 Å². The molecule has 0 bridgehead atoms. The number of esters is 1. The van der Waals surface area contributed by atoms with Crippen LogP contribution in [-0.4, -0.2) is 22.6 Å². The Balaban J connectivity index is 2.30. The standard InChI is InChI=1S/C18H17N3O6/c1-9-8-12-14(17(22)20(9)2)13(15(16(19)27-12)18(23)26-3)10-4-6-11(7-5-10)21(24)25/h4-8,13H,19H2,1-3H3/t13-/m0/s1. The van der Waals surface area contributed by atoms with E-state index in [4.69, 9.17) is 15.2 Å². The summed E-state index contributed by atoms with van der Waals surface area (Å²) < 4.78 is 11.8. The first kappa shape index (κ1) is 18.2. The van der Waals surface area contributed by atoms with E-state index in [1.54, 1.807) is 20.0 Å². The normalized spacial score (nSPS) is 15.7.